The summed E-state index contributed by atoms with van der Waals surface area (Å²) in [6.45, 7) is 3.82. The van der Waals surface area contributed by atoms with Crippen LogP contribution in [0.15, 0.2) is 78.9 Å². The van der Waals surface area contributed by atoms with Crippen molar-refractivity contribution < 1.29 is 9.18 Å². The number of benzene rings is 3. The van der Waals surface area contributed by atoms with Crippen LogP contribution >= 0.6 is 0 Å². The van der Waals surface area contributed by atoms with Gasteiger partial charge in [-0.05, 0) is 31.2 Å². The average molecular weight is 442 g/mol. The van der Waals surface area contributed by atoms with E-state index >= 15 is 0 Å². The molecule has 1 N–H and O–H groups in total. The van der Waals surface area contributed by atoms with Crippen molar-refractivity contribution in [2.45, 2.75) is 13.0 Å². The third kappa shape index (κ3) is 4.22. The van der Waals surface area contributed by atoms with Crippen molar-refractivity contribution in [2.75, 3.05) is 29.9 Å². The van der Waals surface area contributed by atoms with Gasteiger partial charge in [-0.15, -0.1) is 10.2 Å². The summed E-state index contributed by atoms with van der Waals surface area (Å²) in [6, 6.07) is 23.9. The molecule has 0 bridgehead atoms. The van der Waals surface area contributed by atoms with E-state index in [1.165, 1.54) is 12.1 Å². The number of carbonyl (C=O) groups is 1. The van der Waals surface area contributed by atoms with Crippen molar-refractivity contribution >= 4 is 28.3 Å². The lowest BCUT2D eigenvalue weighted by atomic mass is 10.0. The minimum absolute atomic E-state index is 0.0537. The van der Waals surface area contributed by atoms with E-state index in [0.29, 0.717) is 25.3 Å². The summed E-state index contributed by atoms with van der Waals surface area (Å²) in [6.07, 6.45) is 0. The number of halogens is 1. The first kappa shape index (κ1) is 20.9. The van der Waals surface area contributed by atoms with Gasteiger partial charge in [-0.2, -0.15) is 0 Å². The number of amides is 2. The molecular formula is C26H24FN5O. The Morgan fingerprint density at radius 1 is 0.909 bits per heavy atom. The van der Waals surface area contributed by atoms with Crippen molar-refractivity contribution in [2.24, 2.45) is 0 Å². The third-order valence-electron chi connectivity index (χ3n) is 6.00. The molecule has 0 radical (unpaired) electrons. The van der Waals surface area contributed by atoms with E-state index in [2.05, 4.69) is 39.5 Å². The maximum absolute atomic E-state index is 13.1. The van der Waals surface area contributed by atoms with Crippen molar-refractivity contribution in [1.29, 1.82) is 0 Å². The van der Waals surface area contributed by atoms with Gasteiger partial charge >= 0.3 is 6.03 Å². The van der Waals surface area contributed by atoms with Crippen LogP contribution in [0.1, 0.15) is 6.92 Å². The Hall–Kier alpha value is -4.00. The zero-order chi connectivity index (χ0) is 22.8. The fraction of sp³-hybridized carbons (Fsp3) is 0.192. The molecule has 0 saturated carbocycles. The topological polar surface area (TPSA) is 61.4 Å². The van der Waals surface area contributed by atoms with E-state index in [9.17, 15) is 9.18 Å². The monoisotopic (exact) mass is 441 g/mol. The van der Waals surface area contributed by atoms with Crippen LogP contribution in [0.5, 0.6) is 0 Å². The summed E-state index contributed by atoms with van der Waals surface area (Å²) in [5.74, 6) is 0.498. The minimum atomic E-state index is -0.332. The van der Waals surface area contributed by atoms with Crippen LogP contribution in [0, 0.1) is 5.82 Å². The number of fused-ring (bicyclic) bond motifs is 1. The Labute approximate surface area is 191 Å². The maximum Gasteiger partial charge on any atom is 0.321 e. The Kier molecular flexibility index (Phi) is 5.60. The number of rotatable bonds is 3. The molecule has 0 spiro atoms. The van der Waals surface area contributed by atoms with Crippen LogP contribution in [0.25, 0.3) is 22.0 Å². The molecule has 1 fully saturated rings. The van der Waals surface area contributed by atoms with E-state index in [1.807, 2.05) is 42.5 Å². The molecule has 5 rings (SSSR count). The first-order chi connectivity index (χ1) is 16.1. The number of anilines is 2. The van der Waals surface area contributed by atoms with Gasteiger partial charge in [0.25, 0.3) is 0 Å². The quantitative estimate of drug-likeness (QED) is 0.476. The lowest BCUT2D eigenvalue weighted by Gasteiger charge is -2.40. The second kappa shape index (κ2) is 8.86. The van der Waals surface area contributed by atoms with Crippen molar-refractivity contribution in [1.82, 2.24) is 15.1 Å². The van der Waals surface area contributed by atoms with Gasteiger partial charge in [0, 0.05) is 47.7 Å². The fourth-order valence-electron chi connectivity index (χ4n) is 4.30. The van der Waals surface area contributed by atoms with Crippen LogP contribution < -0.4 is 10.2 Å². The van der Waals surface area contributed by atoms with Crippen LogP contribution in [0.4, 0.5) is 20.7 Å². The van der Waals surface area contributed by atoms with Gasteiger partial charge in [0.05, 0.1) is 0 Å². The summed E-state index contributed by atoms with van der Waals surface area (Å²) < 4.78 is 13.1. The number of carbonyl (C=O) groups excluding carboxylic acids is 1. The summed E-state index contributed by atoms with van der Waals surface area (Å²) in [7, 11) is 0. The van der Waals surface area contributed by atoms with Gasteiger partial charge in [-0.3, -0.25) is 0 Å². The van der Waals surface area contributed by atoms with Crippen LogP contribution in [-0.2, 0) is 0 Å². The first-order valence-corrected chi connectivity index (χ1v) is 11.0. The van der Waals surface area contributed by atoms with Gasteiger partial charge in [-0.25, -0.2) is 9.18 Å². The highest BCUT2D eigenvalue weighted by Gasteiger charge is 2.29. The number of hydrogen-bond acceptors (Lipinski definition) is 4. The van der Waals surface area contributed by atoms with E-state index in [0.717, 1.165) is 27.8 Å². The van der Waals surface area contributed by atoms with Crippen LogP contribution in [0.3, 0.4) is 0 Å². The Bertz CT molecular complexity index is 1280. The molecule has 2 amide bonds. The van der Waals surface area contributed by atoms with Gasteiger partial charge in [0.15, 0.2) is 5.82 Å². The number of aromatic nitrogens is 2. The molecule has 3 aromatic carbocycles. The predicted molar refractivity (Wildman–Crippen MR) is 129 cm³/mol. The second-order valence-corrected chi connectivity index (χ2v) is 8.21. The van der Waals surface area contributed by atoms with Crippen molar-refractivity contribution in [3.8, 4) is 11.3 Å². The Morgan fingerprint density at radius 2 is 1.61 bits per heavy atom. The van der Waals surface area contributed by atoms with Crippen LogP contribution in [-0.4, -0.2) is 46.8 Å². The Morgan fingerprint density at radius 3 is 2.33 bits per heavy atom. The average Bonchev–Trinajstić information content (AvgIpc) is 2.85. The van der Waals surface area contributed by atoms with Crippen molar-refractivity contribution in [3.63, 3.8) is 0 Å². The highest BCUT2D eigenvalue weighted by molar-refractivity contribution is 6.00. The van der Waals surface area contributed by atoms with Gasteiger partial charge in [0.2, 0.25) is 0 Å². The highest BCUT2D eigenvalue weighted by Crippen LogP contribution is 2.32. The number of piperazine rings is 1. The zero-order valence-electron chi connectivity index (χ0n) is 18.3. The Balaban J connectivity index is 1.37. The molecule has 2 heterocycles. The maximum atomic E-state index is 13.1. The molecule has 1 aliphatic rings. The molecule has 7 heteroatoms. The molecule has 1 aromatic heterocycles. The van der Waals surface area contributed by atoms with Crippen molar-refractivity contribution in [3.05, 3.63) is 84.7 Å². The smallest absolute Gasteiger partial charge is 0.321 e. The molecule has 4 aromatic rings. The largest absolute Gasteiger partial charge is 0.348 e. The predicted octanol–water partition coefficient (Wildman–Crippen LogP) is 5.18. The summed E-state index contributed by atoms with van der Waals surface area (Å²) in [5, 5.41) is 14.2. The third-order valence-corrected chi connectivity index (χ3v) is 6.00. The summed E-state index contributed by atoms with van der Waals surface area (Å²) in [5.41, 5.74) is 2.47. The summed E-state index contributed by atoms with van der Waals surface area (Å²) in [4.78, 5) is 16.7. The normalized spacial score (nSPS) is 16.1. The molecule has 1 atom stereocenters. The second-order valence-electron chi connectivity index (χ2n) is 8.21. The summed E-state index contributed by atoms with van der Waals surface area (Å²) >= 11 is 0. The standard InChI is InChI=1S/C26H24FN5O/c1-18-17-31(26(33)28-21-13-11-20(27)12-14-21)15-16-32(18)25-23-10-6-5-9-22(23)24(29-30-25)19-7-3-2-4-8-19/h2-14,18H,15-17H2,1H3,(H,28,33). The molecule has 1 saturated heterocycles. The number of nitrogens with zero attached hydrogens (tertiary/aromatic N) is 4. The lowest BCUT2D eigenvalue weighted by molar-refractivity contribution is 0.200. The number of urea groups is 1. The lowest BCUT2D eigenvalue weighted by Crippen LogP contribution is -2.55. The molecule has 6 nitrogen and oxygen atoms in total. The highest BCUT2D eigenvalue weighted by atomic mass is 19.1. The van der Waals surface area contributed by atoms with Gasteiger partial charge < -0.3 is 15.1 Å². The minimum Gasteiger partial charge on any atom is -0.348 e. The van der Waals surface area contributed by atoms with E-state index in [-0.39, 0.29) is 17.9 Å². The molecule has 0 aliphatic carbocycles. The van der Waals surface area contributed by atoms with E-state index < -0.39 is 0 Å². The number of hydrogen-bond donors (Lipinski definition) is 1. The molecule has 1 aliphatic heterocycles. The molecular weight excluding hydrogens is 417 g/mol. The van der Waals surface area contributed by atoms with E-state index in [4.69, 9.17) is 0 Å². The van der Waals surface area contributed by atoms with E-state index in [1.54, 1.807) is 17.0 Å². The van der Waals surface area contributed by atoms with Crippen LogP contribution in [0.2, 0.25) is 0 Å². The zero-order valence-corrected chi connectivity index (χ0v) is 18.3. The van der Waals surface area contributed by atoms with Gasteiger partial charge in [0.1, 0.15) is 11.5 Å². The van der Waals surface area contributed by atoms with Gasteiger partial charge in [-0.1, -0.05) is 54.6 Å². The first-order valence-electron chi connectivity index (χ1n) is 11.0. The number of nitrogens with one attached hydrogen (secondary N) is 1. The molecule has 166 valence electrons. The SMILES string of the molecule is CC1CN(C(=O)Nc2ccc(F)cc2)CCN1c1nnc(-c2ccccc2)c2ccccc12. The molecule has 33 heavy (non-hydrogen) atoms. The molecule has 1 unspecified atom stereocenters. The fourth-order valence-corrected chi connectivity index (χ4v) is 4.30.